The summed E-state index contributed by atoms with van der Waals surface area (Å²) >= 11 is 0. The minimum atomic E-state index is -1.09. The summed E-state index contributed by atoms with van der Waals surface area (Å²) in [5.74, 6) is -1.09. The van der Waals surface area contributed by atoms with Crippen LogP contribution in [0, 0.1) is 0 Å². The van der Waals surface area contributed by atoms with Gasteiger partial charge in [0.15, 0.2) is 0 Å². The third-order valence-corrected chi connectivity index (χ3v) is 1.00. The summed E-state index contributed by atoms with van der Waals surface area (Å²) in [6, 6.07) is 0. The average molecular weight is 141 g/mol. The fourth-order valence-corrected chi connectivity index (χ4v) is 0.466. The number of hydrogen-bond donors (Lipinski definition) is 0. The van der Waals surface area contributed by atoms with Gasteiger partial charge in [0.2, 0.25) is 0 Å². The van der Waals surface area contributed by atoms with Crippen molar-refractivity contribution in [3.8, 4) is 0 Å². The van der Waals surface area contributed by atoms with Gasteiger partial charge in [0.1, 0.15) is 6.29 Å². The molecule has 3 nitrogen and oxygen atoms in total. The summed E-state index contributed by atoms with van der Waals surface area (Å²) in [6.45, 7) is 1.63. The van der Waals surface area contributed by atoms with Crippen molar-refractivity contribution >= 4 is 12.3 Å². The predicted octanol–water partition coefficient (Wildman–Crippen LogP) is -0.338. The zero-order chi connectivity index (χ0) is 7.98. The van der Waals surface area contributed by atoms with E-state index in [0.717, 1.165) is 0 Å². The summed E-state index contributed by atoms with van der Waals surface area (Å²) in [7, 11) is 0. The first-order valence-corrected chi connectivity index (χ1v) is 2.98. The zero-order valence-corrected chi connectivity index (χ0v) is 5.79. The number of aldehydes is 1. The Morgan fingerprint density at radius 2 is 2.20 bits per heavy atom. The topological polar surface area (TPSA) is 57.2 Å². The van der Waals surface area contributed by atoms with E-state index in [1.54, 1.807) is 13.0 Å². The van der Waals surface area contributed by atoms with Crippen LogP contribution in [0.4, 0.5) is 0 Å². The lowest BCUT2D eigenvalue weighted by atomic mass is 10.2. The normalized spacial score (nSPS) is 11.1. The molecule has 0 bridgehead atoms. The largest absolute Gasteiger partial charge is 0.550 e. The van der Waals surface area contributed by atoms with Gasteiger partial charge in [0, 0.05) is 5.97 Å². The summed E-state index contributed by atoms with van der Waals surface area (Å²) in [4.78, 5) is 19.8. The summed E-state index contributed by atoms with van der Waals surface area (Å²) < 4.78 is 0. The quantitative estimate of drug-likeness (QED) is 0.397. The van der Waals surface area contributed by atoms with Gasteiger partial charge in [0.05, 0.1) is 0 Å². The van der Waals surface area contributed by atoms with Crippen LogP contribution < -0.4 is 5.11 Å². The summed E-state index contributed by atoms with van der Waals surface area (Å²) in [5.41, 5.74) is 0.557. The number of carboxylic acids is 1. The number of carboxylic acid groups (broad SMARTS) is 1. The van der Waals surface area contributed by atoms with E-state index in [-0.39, 0.29) is 6.42 Å². The van der Waals surface area contributed by atoms with Crippen LogP contribution in [-0.2, 0) is 9.59 Å². The highest BCUT2D eigenvalue weighted by Gasteiger charge is 1.85. The van der Waals surface area contributed by atoms with Crippen molar-refractivity contribution in [2.75, 3.05) is 0 Å². The van der Waals surface area contributed by atoms with Crippen LogP contribution in [0.1, 0.15) is 19.8 Å². The Bertz CT molecular complexity index is 158. The smallest absolute Gasteiger partial charge is 0.145 e. The molecule has 0 heterocycles. The Morgan fingerprint density at radius 3 is 2.60 bits per heavy atom. The van der Waals surface area contributed by atoms with Crippen molar-refractivity contribution < 1.29 is 14.7 Å². The maximum atomic E-state index is 9.95. The van der Waals surface area contributed by atoms with E-state index in [4.69, 9.17) is 0 Å². The Kier molecular flexibility index (Phi) is 4.20. The van der Waals surface area contributed by atoms with E-state index in [9.17, 15) is 14.7 Å². The second-order valence-electron chi connectivity index (χ2n) is 1.98. The molecule has 10 heavy (non-hydrogen) atoms. The molecule has 3 heteroatoms. The molecule has 56 valence electrons. The zero-order valence-electron chi connectivity index (χ0n) is 5.79. The van der Waals surface area contributed by atoms with Crippen LogP contribution in [0.25, 0.3) is 0 Å². The fraction of sp³-hybridized carbons (Fsp3) is 0.429. The third-order valence-electron chi connectivity index (χ3n) is 1.00. The van der Waals surface area contributed by atoms with Crippen molar-refractivity contribution in [1.82, 2.24) is 0 Å². The molecule has 0 aliphatic carbocycles. The lowest BCUT2D eigenvalue weighted by molar-refractivity contribution is -0.305. The Hall–Kier alpha value is -1.12. The van der Waals surface area contributed by atoms with Crippen LogP contribution in [0.5, 0.6) is 0 Å². The van der Waals surface area contributed by atoms with Crippen molar-refractivity contribution in [2.24, 2.45) is 0 Å². The highest BCUT2D eigenvalue weighted by Crippen LogP contribution is 1.93. The number of carbonyl (C=O) groups excluding carboxylic acids is 2. The summed E-state index contributed by atoms with van der Waals surface area (Å²) in [6.07, 6.45) is 2.61. The highest BCUT2D eigenvalue weighted by molar-refractivity contribution is 5.72. The van der Waals surface area contributed by atoms with Gasteiger partial charge >= 0.3 is 0 Å². The van der Waals surface area contributed by atoms with Gasteiger partial charge in [-0.05, 0) is 25.3 Å². The van der Waals surface area contributed by atoms with Gasteiger partial charge in [-0.3, -0.25) is 4.79 Å². The molecule has 0 atom stereocenters. The van der Waals surface area contributed by atoms with Crippen molar-refractivity contribution in [3.63, 3.8) is 0 Å². The maximum absolute atomic E-state index is 9.95. The van der Waals surface area contributed by atoms with Crippen LogP contribution in [-0.4, -0.2) is 12.3 Å². The molecule has 0 unspecified atom stereocenters. The Labute approximate surface area is 59.4 Å². The molecule has 0 aliphatic heterocycles. The highest BCUT2D eigenvalue weighted by atomic mass is 16.4. The number of rotatable bonds is 4. The third kappa shape index (κ3) is 5.03. The maximum Gasteiger partial charge on any atom is 0.145 e. The predicted molar refractivity (Wildman–Crippen MR) is 34.1 cm³/mol. The Morgan fingerprint density at radius 1 is 1.60 bits per heavy atom. The van der Waals surface area contributed by atoms with Gasteiger partial charge in [-0.25, -0.2) is 0 Å². The van der Waals surface area contributed by atoms with E-state index >= 15 is 0 Å². The van der Waals surface area contributed by atoms with Crippen LogP contribution in [0.2, 0.25) is 0 Å². The molecule has 0 spiro atoms. The van der Waals surface area contributed by atoms with Gasteiger partial charge in [0.25, 0.3) is 0 Å². The summed E-state index contributed by atoms with van der Waals surface area (Å²) in [5, 5.41) is 9.84. The first-order valence-electron chi connectivity index (χ1n) is 2.98. The Balaban J connectivity index is 3.52. The lowest BCUT2D eigenvalue weighted by Gasteiger charge is -1.95. The van der Waals surface area contributed by atoms with Gasteiger partial charge in [-0.1, -0.05) is 6.08 Å². The molecule has 0 aliphatic rings. The molecule has 0 rings (SSSR count). The number of hydrogen-bond acceptors (Lipinski definition) is 3. The number of carbonyl (C=O) groups is 2. The lowest BCUT2D eigenvalue weighted by Crippen LogP contribution is -2.21. The minimum absolute atomic E-state index is 0.0226. The molecular weight excluding hydrogens is 132 g/mol. The molecule has 0 aromatic rings. The van der Waals surface area contributed by atoms with Gasteiger partial charge in [-0.15, -0.1) is 0 Å². The van der Waals surface area contributed by atoms with E-state index < -0.39 is 5.97 Å². The minimum Gasteiger partial charge on any atom is -0.550 e. The molecule has 0 N–H and O–H groups in total. The molecule has 0 aromatic heterocycles. The molecule has 0 radical (unpaired) electrons. The fourth-order valence-electron chi connectivity index (χ4n) is 0.466. The molecule has 0 aromatic carbocycles. The molecule has 0 saturated heterocycles. The SMILES string of the molecule is C/C(C=O)=C/CCC(=O)[O-]. The van der Waals surface area contributed by atoms with Crippen molar-refractivity contribution in [1.29, 1.82) is 0 Å². The standard InChI is InChI=1S/C7H10O3/c1-6(5-8)3-2-4-7(9)10/h3,5H,2,4H2,1H3,(H,9,10)/p-1/b6-3-. The van der Waals surface area contributed by atoms with Gasteiger partial charge in [-0.2, -0.15) is 0 Å². The van der Waals surface area contributed by atoms with E-state index in [2.05, 4.69) is 0 Å². The molecule has 0 amide bonds. The van der Waals surface area contributed by atoms with E-state index in [0.29, 0.717) is 18.3 Å². The van der Waals surface area contributed by atoms with Crippen molar-refractivity contribution in [3.05, 3.63) is 11.6 Å². The van der Waals surface area contributed by atoms with Crippen molar-refractivity contribution in [2.45, 2.75) is 19.8 Å². The van der Waals surface area contributed by atoms with Gasteiger partial charge < -0.3 is 9.90 Å². The van der Waals surface area contributed by atoms with Crippen LogP contribution >= 0.6 is 0 Å². The first kappa shape index (κ1) is 8.88. The molecular formula is C7H9O3-. The van der Waals surface area contributed by atoms with E-state index in [1.165, 1.54) is 0 Å². The number of aliphatic carboxylic acids is 1. The van der Waals surface area contributed by atoms with Crippen LogP contribution in [0.3, 0.4) is 0 Å². The van der Waals surface area contributed by atoms with Crippen LogP contribution in [0.15, 0.2) is 11.6 Å². The second kappa shape index (κ2) is 4.73. The number of allylic oxidation sites excluding steroid dienone is 2. The molecule has 0 saturated carbocycles. The average Bonchev–Trinajstić information content (AvgIpc) is 1.87. The first-order chi connectivity index (χ1) is 4.66. The monoisotopic (exact) mass is 141 g/mol. The molecule has 0 fully saturated rings. The second-order valence-corrected chi connectivity index (χ2v) is 1.98. The van der Waals surface area contributed by atoms with E-state index in [1.807, 2.05) is 0 Å².